The number of rotatable bonds is 2. The molecule has 2 heteroatoms. The first-order valence-corrected chi connectivity index (χ1v) is 4.90. The van der Waals surface area contributed by atoms with Crippen molar-refractivity contribution in [2.24, 2.45) is 5.92 Å². The molecule has 1 aliphatic carbocycles. The molecule has 1 rings (SSSR count). The molecule has 0 heterocycles. The van der Waals surface area contributed by atoms with Gasteiger partial charge in [-0.3, -0.25) is 0 Å². The molecule has 0 aromatic carbocycles. The minimum Gasteiger partial charge on any atom is -0.396 e. The Labute approximate surface area is 75.4 Å². The molecule has 0 aliphatic heterocycles. The number of aliphatic hydroxyl groups is 1. The third-order valence-electron chi connectivity index (χ3n) is 2.44. The Morgan fingerprint density at radius 3 is 2.42 bits per heavy atom. The molecule has 1 saturated carbocycles. The van der Waals surface area contributed by atoms with Gasteiger partial charge in [0.1, 0.15) is 0 Å². The van der Waals surface area contributed by atoms with Crippen molar-refractivity contribution >= 4 is 0 Å². The van der Waals surface area contributed by atoms with E-state index in [2.05, 4.69) is 26.1 Å². The summed E-state index contributed by atoms with van der Waals surface area (Å²) < 4.78 is 0. The number of hydrogen-bond donors (Lipinski definition) is 2. The van der Waals surface area contributed by atoms with Crippen molar-refractivity contribution in [3.63, 3.8) is 0 Å². The first kappa shape index (κ1) is 10.0. The topological polar surface area (TPSA) is 32.3 Å². The van der Waals surface area contributed by atoms with E-state index in [1.165, 1.54) is 12.8 Å². The Hall–Kier alpha value is -0.0800. The second kappa shape index (κ2) is 3.75. The van der Waals surface area contributed by atoms with Crippen LogP contribution in [-0.4, -0.2) is 23.3 Å². The normalized spacial score (nSPS) is 31.0. The van der Waals surface area contributed by atoms with Gasteiger partial charge in [-0.25, -0.2) is 0 Å². The second-order valence-corrected chi connectivity index (χ2v) is 4.95. The molecule has 0 bridgehead atoms. The predicted molar refractivity (Wildman–Crippen MR) is 51.1 cm³/mol. The average Bonchev–Trinajstić information content (AvgIpc) is 2.32. The first-order chi connectivity index (χ1) is 5.51. The van der Waals surface area contributed by atoms with Crippen LogP contribution in [0.3, 0.4) is 0 Å². The fourth-order valence-electron chi connectivity index (χ4n) is 1.98. The summed E-state index contributed by atoms with van der Waals surface area (Å²) in [5.74, 6) is 0.546. The molecule has 0 aromatic rings. The Bertz CT molecular complexity index is 139. The van der Waals surface area contributed by atoms with Crippen LogP contribution in [0.2, 0.25) is 0 Å². The molecule has 0 radical (unpaired) electrons. The lowest BCUT2D eigenvalue weighted by Gasteiger charge is -2.25. The highest BCUT2D eigenvalue weighted by Gasteiger charge is 2.26. The molecule has 0 aromatic heterocycles. The molecule has 1 aliphatic rings. The van der Waals surface area contributed by atoms with Crippen molar-refractivity contribution in [2.45, 2.75) is 51.6 Å². The van der Waals surface area contributed by atoms with E-state index < -0.39 is 0 Å². The van der Waals surface area contributed by atoms with Gasteiger partial charge in [-0.15, -0.1) is 0 Å². The van der Waals surface area contributed by atoms with Crippen molar-refractivity contribution in [3.8, 4) is 0 Å². The van der Waals surface area contributed by atoms with Crippen molar-refractivity contribution < 1.29 is 5.11 Å². The van der Waals surface area contributed by atoms with Gasteiger partial charge < -0.3 is 10.4 Å². The van der Waals surface area contributed by atoms with E-state index in [1.54, 1.807) is 0 Å². The summed E-state index contributed by atoms with van der Waals surface area (Å²) in [7, 11) is 0. The molecular weight excluding hydrogens is 150 g/mol. The smallest absolute Gasteiger partial charge is 0.0459 e. The average molecular weight is 171 g/mol. The maximum atomic E-state index is 8.95. The van der Waals surface area contributed by atoms with Crippen molar-refractivity contribution in [2.75, 3.05) is 6.61 Å². The van der Waals surface area contributed by atoms with Gasteiger partial charge in [-0.05, 0) is 46.0 Å². The third kappa shape index (κ3) is 3.11. The van der Waals surface area contributed by atoms with Crippen LogP contribution in [0.1, 0.15) is 40.0 Å². The van der Waals surface area contributed by atoms with Crippen LogP contribution in [0.15, 0.2) is 0 Å². The second-order valence-electron chi connectivity index (χ2n) is 4.95. The summed E-state index contributed by atoms with van der Waals surface area (Å²) >= 11 is 0. The monoisotopic (exact) mass is 171 g/mol. The Morgan fingerprint density at radius 2 is 2.00 bits per heavy atom. The standard InChI is InChI=1S/C10H21NO/c1-10(2,3)11-9-5-4-8(6-9)7-12/h8-9,11-12H,4-7H2,1-3H3/t8-,9?/m1/s1. The maximum Gasteiger partial charge on any atom is 0.0459 e. The largest absolute Gasteiger partial charge is 0.396 e. The zero-order valence-electron chi connectivity index (χ0n) is 8.43. The predicted octanol–water partition coefficient (Wildman–Crippen LogP) is 1.54. The van der Waals surface area contributed by atoms with Crippen molar-refractivity contribution in [3.05, 3.63) is 0 Å². The minimum absolute atomic E-state index is 0.217. The molecule has 0 saturated heterocycles. The zero-order chi connectivity index (χ0) is 9.19. The lowest BCUT2D eigenvalue weighted by atomic mass is 10.1. The Balaban J connectivity index is 2.28. The van der Waals surface area contributed by atoms with Crippen LogP contribution in [0, 0.1) is 5.92 Å². The first-order valence-electron chi connectivity index (χ1n) is 4.90. The van der Waals surface area contributed by atoms with Gasteiger partial charge in [0.15, 0.2) is 0 Å². The molecule has 0 amide bonds. The molecule has 2 atom stereocenters. The molecule has 2 N–H and O–H groups in total. The molecule has 1 fully saturated rings. The summed E-state index contributed by atoms with van der Waals surface area (Å²) in [5, 5.41) is 12.5. The summed E-state index contributed by atoms with van der Waals surface area (Å²) in [6, 6.07) is 0.627. The summed E-state index contributed by atoms with van der Waals surface area (Å²) in [6.45, 7) is 6.94. The highest BCUT2D eigenvalue weighted by atomic mass is 16.3. The van der Waals surface area contributed by atoms with Crippen LogP contribution in [0.5, 0.6) is 0 Å². The van der Waals surface area contributed by atoms with Gasteiger partial charge in [0.05, 0.1) is 0 Å². The van der Waals surface area contributed by atoms with Crippen LogP contribution in [-0.2, 0) is 0 Å². The molecule has 2 nitrogen and oxygen atoms in total. The molecular formula is C10H21NO. The van der Waals surface area contributed by atoms with E-state index in [1.807, 2.05) is 0 Å². The fourth-order valence-corrected chi connectivity index (χ4v) is 1.98. The highest BCUT2D eigenvalue weighted by Crippen LogP contribution is 2.26. The number of nitrogens with one attached hydrogen (secondary N) is 1. The van der Waals surface area contributed by atoms with Gasteiger partial charge in [-0.1, -0.05) is 0 Å². The van der Waals surface area contributed by atoms with Gasteiger partial charge in [0.2, 0.25) is 0 Å². The zero-order valence-corrected chi connectivity index (χ0v) is 8.43. The Morgan fingerprint density at radius 1 is 1.33 bits per heavy atom. The molecule has 12 heavy (non-hydrogen) atoms. The highest BCUT2D eigenvalue weighted by molar-refractivity contribution is 4.85. The quantitative estimate of drug-likeness (QED) is 0.660. The number of aliphatic hydroxyl groups excluding tert-OH is 1. The lowest BCUT2D eigenvalue weighted by Crippen LogP contribution is -2.42. The van der Waals surface area contributed by atoms with Crippen LogP contribution in [0.4, 0.5) is 0 Å². The summed E-state index contributed by atoms with van der Waals surface area (Å²) in [5.41, 5.74) is 0.217. The van der Waals surface area contributed by atoms with Crippen LogP contribution in [0.25, 0.3) is 0 Å². The summed E-state index contributed by atoms with van der Waals surface area (Å²) in [4.78, 5) is 0. The summed E-state index contributed by atoms with van der Waals surface area (Å²) in [6.07, 6.45) is 3.56. The van der Waals surface area contributed by atoms with E-state index >= 15 is 0 Å². The molecule has 72 valence electrons. The van der Waals surface area contributed by atoms with E-state index in [0.29, 0.717) is 18.6 Å². The van der Waals surface area contributed by atoms with E-state index in [9.17, 15) is 0 Å². The Kier molecular flexibility index (Phi) is 3.13. The van der Waals surface area contributed by atoms with Gasteiger partial charge >= 0.3 is 0 Å². The SMILES string of the molecule is CC(C)(C)NC1CC[C@@H](CO)C1. The third-order valence-corrected chi connectivity index (χ3v) is 2.44. The molecule has 0 spiro atoms. The van der Waals surface area contributed by atoms with Crippen molar-refractivity contribution in [1.82, 2.24) is 5.32 Å². The van der Waals surface area contributed by atoms with Gasteiger partial charge in [0, 0.05) is 18.2 Å². The van der Waals surface area contributed by atoms with E-state index in [0.717, 1.165) is 6.42 Å². The van der Waals surface area contributed by atoms with E-state index in [-0.39, 0.29) is 5.54 Å². The van der Waals surface area contributed by atoms with Crippen LogP contribution < -0.4 is 5.32 Å². The van der Waals surface area contributed by atoms with E-state index in [4.69, 9.17) is 5.11 Å². The van der Waals surface area contributed by atoms with Crippen molar-refractivity contribution in [1.29, 1.82) is 0 Å². The fraction of sp³-hybridized carbons (Fsp3) is 1.00. The van der Waals surface area contributed by atoms with Crippen LogP contribution >= 0.6 is 0 Å². The minimum atomic E-state index is 0.217. The van der Waals surface area contributed by atoms with Gasteiger partial charge in [0.25, 0.3) is 0 Å². The van der Waals surface area contributed by atoms with Gasteiger partial charge in [-0.2, -0.15) is 0 Å². The molecule has 1 unspecified atom stereocenters. The lowest BCUT2D eigenvalue weighted by molar-refractivity contribution is 0.225. The number of hydrogen-bond acceptors (Lipinski definition) is 2. The maximum absolute atomic E-state index is 8.95.